The van der Waals surface area contributed by atoms with E-state index < -0.39 is 60.2 Å². The van der Waals surface area contributed by atoms with Gasteiger partial charge in [0.15, 0.2) is 0 Å². The number of phenolic OH excluding ortho intramolecular Hbond substituents is 1. The monoisotopic (exact) mass is 537 g/mol. The summed E-state index contributed by atoms with van der Waals surface area (Å²) in [6.07, 6.45) is 0.670. The van der Waals surface area contributed by atoms with Crippen LogP contribution in [-0.4, -0.2) is 75.7 Å². The van der Waals surface area contributed by atoms with Gasteiger partial charge >= 0.3 is 11.9 Å². The number of hydrogen-bond acceptors (Lipinski definition) is 8. The normalized spacial score (nSPS) is 14.1. The van der Waals surface area contributed by atoms with Crippen LogP contribution in [-0.2, 0) is 30.4 Å². The Bertz CT molecular complexity index is 954. The molecule has 13 heteroatoms. The molecule has 0 aliphatic heterocycles. The minimum absolute atomic E-state index is 0.00621. The summed E-state index contributed by atoms with van der Waals surface area (Å²) >= 11 is 0. The molecule has 0 aromatic heterocycles. The highest BCUT2D eigenvalue weighted by Crippen LogP contribution is 2.13. The fourth-order valence-corrected chi connectivity index (χ4v) is 3.64. The maximum Gasteiger partial charge on any atom is 0.326 e. The quantitative estimate of drug-likeness (QED) is 0.118. The molecule has 0 saturated heterocycles. The van der Waals surface area contributed by atoms with E-state index in [-0.39, 0.29) is 30.9 Å². The molecule has 0 spiro atoms. The third-order valence-corrected chi connectivity index (χ3v) is 5.64. The summed E-state index contributed by atoms with van der Waals surface area (Å²) in [5.74, 6) is -4.84. The molecule has 1 rings (SSSR count). The highest BCUT2D eigenvalue weighted by atomic mass is 16.4. The third-order valence-electron chi connectivity index (χ3n) is 5.64. The van der Waals surface area contributed by atoms with E-state index in [0.717, 1.165) is 0 Å². The number of aliphatic carboxylic acids is 2. The van der Waals surface area contributed by atoms with Crippen molar-refractivity contribution < 1.29 is 39.3 Å². The van der Waals surface area contributed by atoms with Crippen molar-refractivity contribution in [2.24, 2.45) is 17.4 Å². The number of nitrogens with one attached hydrogen (secondary N) is 3. The molecule has 0 heterocycles. The van der Waals surface area contributed by atoms with Gasteiger partial charge in [-0.1, -0.05) is 26.0 Å². The molecule has 0 bridgehead atoms. The Morgan fingerprint density at radius 3 is 1.92 bits per heavy atom. The molecule has 0 aliphatic carbocycles. The number of phenols is 1. The van der Waals surface area contributed by atoms with Gasteiger partial charge in [0.25, 0.3) is 0 Å². The van der Waals surface area contributed by atoms with Crippen molar-refractivity contribution in [2.45, 2.75) is 76.5 Å². The molecule has 0 saturated carbocycles. The topological polar surface area (TPSA) is 234 Å². The van der Waals surface area contributed by atoms with Crippen LogP contribution in [0.2, 0.25) is 0 Å². The highest BCUT2D eigenvalue weighted by molar-refractivity contribution is 5.94. The summed E-state index contributed by atoms with van der Waals surface area (Å²) in [4.78, 5) is 61.4. The van der Waals surface area contributed by atoms with Crippen LogP contribution in [0.5, 0.6) is 5.75 Å². The molecule has 0 radical (unpaired) electrons. The van der Waals surface area contributed by atoms with Gasteiger partial charge in [-0.2, -0.15) is 0 Å². The summed E-state index contributed by atoms with van der Waals surface area (Å²) in [5, 5.41) is 35.4. The average molecular weight is 538 g/mol. The molecule has 3 amide bonds. The van der Waals surface area contributed by atoms with E-state index in [2.05, 4.69) is 16.0 Å². The molecule has 0 fully saturated rings. The van der Waals surface area contributed by atoms with E-state index in [1.54, 1.807) is 0 Å². The lowest BCUT2D eigenvalue weighted by molar-refractivity contribution is -0.142. The Hall–Kier alpha value is -3.71. The van der Waals surface area contributed by atoms with Crippen molar-refractivity contribution >= 4 is 29.7 Å². The van der Waals surface area contributed by atoms with Crippen LogP contribution in [0, 0.1) is 5.92 Å². The number of rotatable bonds is 17. The number of carbonyl (C=O) groups is 5. The van der Waals surface area contributed by atoms with E-state index in [0.29, 0.717) is 24.9 Å². The second-order valence-electron chi connectivity index (χ2n) is 9.51. The van der Waals surface area contributed by atoms with Crippen molar-refractivity contribution in [3.63, 3.8) is 0 Å². The molecular weight excluding hydrogens is 498 g/mol. The SMILES string of the molecule is CC(C)CC(NC(=O)C(CCCCN)NC(=O)C(Cc1ccc(O)cc1)NC(=O)C(N)CC(=O)O)C(=O)O. The molecule has 1 aromatic rings. The van der Waals surface area contributed by atoms with Crippen molar-refractivity contribution in [1.82, 2.24) is 16.0 Å². The fourth-order valence-electron chi connectivity index (χ4n) is 3.64. The number of hydrogen-bond donors (Lipinski definition) is 8. The number of carboxylic acids is 2. The fraction of sp³-hybridized carbons (Fsp3) is 0.560. The van der Waals surface area contributed by atoms with E-state index in [9.17, 15) is 34.2 Å². The van der Waals surface area contributed by atoms with Crippen LogP contribution >= 0.6 is 0 Å². The maximum atomic E-state index is 13.3. The maximum absolute atomic E-state index is 13.3. The second-order valence-corrected chi connectivity index (χ2v) is 9.51. The summed E-state index contributed by atoms with van der Waals surface area (Å²) in [6, 6.07) is 0.925. The van der Waals surface area contributed by atoms with Crippen LogP contribution < -0.4 is 27.4 Å². The van der Waals surface area contributed by atoms with Crippen molar-refractivity contribution in [2.75, 3.05) is 6.54 Å². The van der Waals surface area contributed by atoms with Gasteiger partial charge in [0.05, 0.1) is 12.5 Å². The number of nitrogens with two attached hydrogens (primary N) is 2. The van der Waals surface area contributed by atoms with Gasteiger partial charge in [0, 0.05) is 6.42 Å². The largest absolute Gasteiger partial charge is 0.508 e. The Labute approximate surface area is 221 Å². The molecule has 4 unspecified atom stereocenters. The number of carboxylic acid groups (broad SMARTS) is 2. The van der Waals surface area contributed by atoms with Crippen LogP contribution in [0.4, 0.5) is 0 Å². The van der Waals surface area contributed by atoms with Crippen molar-refractivity contribution in [1.29, 1.82) is 0 Å². The van der Waals surface area contributed by atoms with Crippen LogP contribution in [0.25, 0.3) is 0 Å². The minimum atomic E-state index is -1.42. The molecule has 4 atom stereocenters. The van der Waals surface area contributed by atoms with Gasteiger partial charge in [-0.05, 0) is 55.8 Å². The first-order valence-corrected chi connectivity index (χ1v) is 12.4. The number of benzene rings is 1. The Kier molecular flexibility index (Phi) is 13.8. The summed E-state index contributed by atoms with van der Waals surface area (Å²) < 4.78 is 0. The van der Waals surface area contributed by atoms with E-state index in [1.807, 2.05) is 13.8 Å². The van der Waals surface area contributed by atoms with Gasteiger partial charge in [-0.3, -0.25) is 19.2 Å². The standard InChI is InChI=1S/C25H39N5O8/c1-14(2)11-20(25(37)38)30-23(35)18(5-3-4-10-26)28-24(36)19(12-15-6-8-16(31)9-7-15)29-22(34)17(27)13-21(32)33/h6-9,14,17-20,31H,3-5,10-13,26-27H2,1-2H3,(H,28,36)(H,29,34)(H,30,35)(H,32,33)(H,37,38). The zero-order chi connectivity index (χ0) is 28.8. The summed E-state index contributed by atoms with van der Waals surface area (Å²) in [6.45, 7) is 3.98. The van der Waals surface area contributed by atoms with Crippen molar-refractivity contribution in [3.8, 4) is 5.75 Å². The minimum Gasteiger partial charge on any atom is -0.508 e. The molecule has 1 aromatic carbocycles. The number of amides is 3. The predicted molar refractivity (Wildman–Crippen MR) is 138 cm³/mol. The lowest BCUT2D eigenvalue weighted by Crippen LogP contribution is -2.57. The summed E-state index contributed by atoms with van der Waals surface area (Å²) in [5.41, 5.74) is 11.7. The molecular formula is C25H39N5O8. The first-order chi connectivity index (χ1) is 17.8. The average Bonchev–Trinajstić information content (AvgIpc) is 2.82. The van der Waals surface area contributed by atoms with Gasteiger partial charge < -0.3 is 42.7 Å². The number of unbranched alkanes of at least 4 members (excludes halogenated alkanes) is 1. The smallest absolute Gasteiger partial charge is 0.326 e. The van der Waals surface area contributed by atoms with E-state index in [1.165, 1.54) is 24.3 Å². The lowest BCUT2D eigenvalue weighted by atomic mass is 10.0. The molecule has 10 N–H and O–H groups in total. The zero-order valence-corrected chi connectivity index (χ0v) is 21.7. The Balaban J connectivity index is 3.14. The van der Waals surface area contributed by atoms with Gasteiger partial charge in [-0.25, -0.2) is 4.79 Å². The highest BCUT2D eigenvalue weighted by Gasteiger charge is 2.31. The van der Waals surface area contributed by atoms with Gasteiger partial charge in [0.1, 0.15) is 23.9 Å². The first-order valence-electron chi connectivity index (χ1n) is 12.4. The zero-order valence-electron chi connectivity index (χ0n) is 21.7. The van der Waals surface area contributed by atoms with Gasteiger partial charge in [0.2, 0.25) is 17.7 Å². The molecule has 212 valence electrons. The van der Waals surface area contributed by atoms with Gasteiger partial charge in [-0.15, -0.1) is 0 Å². The Morgan fingerprint density at radius 1 is 0.842 bits per heavy atom. The molecule has 13 nitrogen and oxygen atoms in total. The number of aromatic hydroxyl groups is 1. The van der Waals surface area contributed by atoms with Crippen LogP contribution in [0.15, 0.2) is 24.3 Å². The molecule has 0 aliphatic rings. The number of carbonyl (C=O) groups excluding carboxylic acids is 3. The second kappa shape index (κ2) is 16.2. The third kappa shape index (κ3) is 12.0. The predicted octanol–water partition coefficient (Wildman–Crippen LogP) is -0.549. The first kappa shape index (κ1) is 32.3. The Morgan fingerprint density at radius 2 is 1.39 bits per heavy atom. The lowest BCUT2D eigenvalue weighted by Gasteiger charge is -2.25. The molecule has 38 heavy (non-hydrogen) atoms. The van der Waals surface area contributed by atoms with Crippen LogP contribution in [0.1, 0.15) is 51.5 Å². The van der Waals surface area contributed by atoms with E-state index in [4.69, 9.17) is 16.6 Å². The summed E-state index contributed by atoms with van der Waals surface area (Å²) in [7, 11) is 0. The van der Waals surface area contributed by atoms with Crippen LogP contribution in [0.3, 0.4) is 0 Å². The van der Waals surface area contributed by atoms with E-state index >= 15 is 0 Å². The van der Waals surface area contributed by atoms with Crippen molar-refractivity contribution in [3.05, 3.63) is 29.8 Å².